The van der Waals surface area contributed by atoms with Crippen LogP contribution in [0.2, 0.25) is 0 Å². The van der Waals surface area contributed by atoms with Crippen molar-refractivity contribution in [1.29, 1.82) is 0 Å². The summed E-state index contributed by atoms with van der Waals surface area (Å²) in [5.41, 5.74) is 8.37. The highest BCUT2D eigenvalue weighted by atomic mass is 19.1. The molecule has 2 rings (SSSR count). The summed E-state index contributed by atoms with van der Waals surface area (Å²) in [4.78, 5) is 0. The summed E-state index contributed by atoms with van der Waals surface area (Å²) in [6.07, 6.45) is 2.76. The van der Waals surface area contributed by atoms with E-state index < -0.39 is 0 Å². The van der Waals surface area contributed by atoms with Gasteiger partial charge in [-0.15, -0.1) is 0 Å². The van der Waals surface area contributed by atoms with E-state index in [-0.39, 0.29) is 5.82 Å². The molecular formula is C18H23FN2O. The van der Waals surface area contributed by atoms with Crippen LogP contribution in [0.5, 0.6) is 5.75 Å². The average Bonchev–Trinajstić information content (AvgIpc) is 2.52. The SMILES string of the molecule is CCCOc1ccc(CCCNc2ccccc2F)cc1N. The Labute approximate surface area is 131 Å². The number of nitrogen functional groups attached to an aromatic ring is 1. The van der Waals surface area contributed by atoms with Crippen molar-refractivity contribution in [2.24, 2.45) is 0 Å². The molecule has 2 aromatic rings. The maximum absolute atomic E-state index is 13.4. The number of benzene rings is 2. The molecule has 4 heteroatoms. The number of halogens is 1. The second-order valence-electron chi connectivity index (χ2n) is 5.23. The predicted octanol–water partition coefficient (Wildman–Crippen LogP) is 4.24. The van der Waals surface area contributed by atoms with Gasteiger partial charge >= 0.3 is 0 Å². The van der Waals surface area contributed by atoms with Crippen LogP contribution in [0.15, 0.2) is 42.5 Å². The minimum atomic E-state index is -0.218. The Kier molecular flexibility index (Phi) is 6.07. The van der Waals surface area contributed by atoms with E-state index >= 15 is 0 Å². The fourth-order valence-corrected chi connectivity index (χ4v) is 2.22. The lowest BCUT2D eigenvalue weighted by Crippen LogP contribution is -2.05. The van der Waals surface area contributed by atoms with Gasteiger partial charge in [-0.3, -0.25) is 0 Å². The molecule has 0 radical (unpaired) electrons. The van der Waals surface area contributed by atoms with E-state index in [1.54, 1.807) is 12.1 Å². The van der Waals surface area contributed by atoms with Crippen LogP contribution in [0, 0.1) is 5.82 Å². The van der Waals surface area contributed by atoms with Gasteiger partial charge < -0.3 is 15.8 Å². The Bertz CT molecular complexity index is 601. The number of aryl methyl sites for hydroxylation is 1. The van der Waals surface area contributed by atoms with E-state index in [9.17, 15) is 4.39 Å². The fraction of sp³-hybridized carbons (Fsp3) is 0.333. The lowest BCUT2D eigenvalue weighted by molar-refractivity contribution is 0.319. The lowest BCUT2D eigenvalue weighted by Gasteiger charge is -2.10. The van der Waals surface area contributed by atoms with Gasteiger partial charge in [-0.05, 0) is 49.1 Å². The molecular weight excluding hydrogens is 279 g/mol. The van der Waals surface area contributed by atoms with Crippen molar-refractivity contribution >= 4 is 11.4 Å². The van der Waals surface area contributed by atoms with Crippen molar-refractivity contribution in [3.05, 3.63) is 53.8 Å². The third-order valence-electron chi connectivity index (χ3n) is 3.37. The molecule has 0 bridgehead atoms. The normalized spacial score (nSPS) is 10.5. The van der Waals surface area contributed by atoms with Gasteiger partial charge in [0.25, 0.3) is 0 Å². The molecule has 2 aromatic carbocycles. The molecule has 0 aliphatic heterocycles. The first-order valence-electron chi connectivity index (χ1n) is 7.70. The molecule has 0 atom stereocenters. The summed E-state index contributed by atoms with van der Waals surface area (Å²) in [5, 5.41) is 3.11. The Hall–Kier alpha value is -2.23. The van der Waals surface area contributed by atoms with Crippen LogP contribution in [0.3, 0.4) is 0 Å². The maximum atomic E-state index is 13.4. The smallest absolute Gasteiger partial charge is 0.146 e. The van der Waals surface area contributed by atoms with Crippen molar-refractivity contribution in [2.75, 3.05) is 24.2 Å². The minimum Gasteiger partial charge on any atom is -0.491 e. The third kappa shape index (κ3) is 4.65. The van der Waals surface area contributed by atoms with E-state index in [1.165, 1.54) is 6.07 Å². The molecule has 118 valence electrons. The number of para-hydroxylation sites is 1. The average molecular weight is 302 g/mol. The van der Waals surface area contributed by atoms with Gasteiger partial charge in [-0.2, -0.15) is 0 Å². The molecule has 0 spiro atoms. The Morgan fingerprint density at radius 1 is 1.18 bits per heavy atom. The first-order valence-corrected chi connectivity index (χ1v) is 7.70. The number of nitrogens with two attached hydrogens (primary N) is 1. The largest absolute Gasteiger partial charge is 0.491 e. The van der Waals surface area contributed by atoms with Gasteiger partial charge in [0, 0.05) is 6.54 Å². The predicted molar refractivity (Wildman–Crippen MR) is 89.9 cm³/mol. The summed E-state index contributed by atoms with van der Waals surface area (Å²) in [5.74, 6) is 0.527. The van der Waals surface area contributed by atoms with Crippen molar-refractivity contribution < 1.29 is 9.13 Å². The molecule has 0 aliphatic carbocycles. The number of anilines is 2. The van der Waals surface area contributed by atoms with Crippen molar-refractivity contribution in [1.82, 2.24) is 0 Å². The van der Waals surface area contributed by atoms with Gasteiger partial charge in [0.15, 0.2) is 0 Å². The number of ether oxygens (including phenoxy) is 1. The van der Waals surface area contributed by atoms with Crippen molar-refractivity contribution in [3.8, 4) is 5.75 Å². The summed E-state index contributed by atoms with van der Waals surface area (Å²) in [7, 11) is 0. The highest BCUT2D eigenvalue weighted by molar-refractivity contribution is 5.54. The van der Waals surface area contributed by atoms with Crippen molar-refractivity contribution in [2.45, 2.75) is 26.2 Å². The van der Waals surface area contributed by atoms with Crippen LogP contribution in [0.4, 0.5) is 15.8 Å². The van der Waals surface area contributed by atoms with Gasteiger partial charge in [0.05, 0.1) is 18.0 Å². The molecule has 0 saturated carbocycles. The van der Waals surface area contributed by atoms with Gasteiger partial charge in [0.2, 0.25) is 0 Å². The molecule has 3 N–H and O–H groups in total. The zero-order chi connectivity index (χ0) is 15.8. The molecule has 0 unspecified atom stereocenters. The van der Waals surface area contributed by atoms with Crippen LogP contribution in [0.1, 0.15) is 25.3 Å². The monoisotopic (exact) mass is 302 g/mol. The summed E-state index contributed by atoms with van der Waals surface area (Å²) in [6, 6.07) is 12.6. The zero-order valence-electron chi connectivity index (χ0n) is 12.9. The summed E-state index contributed by atoms with van der Waals surface area (Å²) < 4.78 is 19.0. The van der Waals surface area contributed by atoms with Crippen LogP contribution >= 0.6 is 0 Å². The molecule has 0 heterocycles. The minimum absolute atomic E-state index is 0.218. The number of hydrogen-bond donors (Lipinski definition) is 2. The van der Waals surface area contributed by atoms with Crippen LogP contribution < -0.4 is 15.8 Å². The Morgan fingerprint density at radius 3 is 2.73 bits per heavy atom. The number of rotatable bonds is 8. The first-order chi connectivity index (χ1) is 10.7. The zero-order valence-corrected chi connectivity index (χ0v) is 12.9. The van der Waals surface area contributed by atoms with E-state index in [2.05, 4.69) is 12.2 Å². The molecule has 3 nitrogen and oxygen atoms in total. The number of nitrogens with one attached hydrogen (secondary N) is 1. The second kappa shape index (κ2) is 8.27. The molecule has 0 aliphatic rings. The topological polar surface area (TPSA) is 47.3 Å². The van der Waals surface area contributed by atoms with Crippen LogP contribution in [0.25, 0.3) is 0 Å². The van der Waals surface area contributed by atoms with Crippen LogP contribution in [-0.2, 0) is 6.42 Å². The molecule has 0 amide bonds. The van der Waals surface area contributed by atoms with Gasteiger partial charge in [0.1, 0.15) is 11.6 Å². The maximum Gasteiger partial charge on any atom is 0.146 e. The van der Waals surface area contributed by atoms with E-state index in [4.69, 9.17) is 10.5 Å². The summed E-state index contributed by atoms with van der Waals surface area (Å²) in [6.45, 7) is 3.46. The Morgan fingerprint density at radius 2 is 2.00 bits per heavy atom. The molecule has 0 fully saturated rings. The van der Waals surface area contributed by atoms with Crippen LogP contribution in [-0.4, -0.2) is 13.2 Å². The standard InChI is InChI=1S/C18H23FN2O/c1-2-12-22-18-10-9-14(13-16(18)20)6-5-11-21-17-8-4-3-7-15(17)19/h3-4,7-10,13,21H,2,5-6,11-12,20H2,1H3. The lowest BCUT2D eigenvalue weighted by atomic mass is 10.1. The quantitative estimate of drug-likeness (QED) is 0.566. The van der Waals surface area contributed by atoms with E-state index in [0.717, 1.165) is 37.1 Å². The van der Waals surface area contributed by atoms with E-state index in [0.29, 0.717) is 18.0 Å². The first kappa shape index (κ1) is 16.1. The molecule has 0 aromatic heterocycles. The number of hydrogen-bond acceptors (Lipinski definition) is 3. The van der Waals surface area contributed by atoms with E-state index in [1.807, 2.05) is 24.3 Å². The molecule has 0 saturated heterocycles. The third-order valence-corrected chi connectivity index (χ3v) is 3.37. The Balaban J connectivity index is 1.79. The highest BCUT2D eigenvalue weighted by Crippen LogP contribution is 2.23. The van der Waals surface area contributed by atoms with Gasteiger partial charge in [-0.1, -0.05) is 25.1 Å². The fourth-order valence-electron chi connectivity index (χ4n) is 2.22. The van der Waals surface area contributed by atoms with Gasteiger partial charge in [-0.25, -0.2) is 4.39 Å². The highest BCUT2D eigenvalue weighted by Gasteiger charge is 2.03. The molecule has 22 heavy (non-hydrogen) atoms. The second-order valence-corrected chi connectivity index (χ2v) is 5.23. The van der Waals surface area contributed by atoms with Crippen molar-refractivity contribution in [3.63, 3.8) is 0 Å². The summed E-state index contributed by atoms with van der Waals surface area (Å²) >= 11 is 0.